The van der Waals surface area contributed by atoms with E-state index in [9.17, 15) is 4.79 Å². The second-order valence-corrected chi connectivity index (χ2v) is 5.77. The van der Waals surface area contributed by atoms with E-state index in [-0.39, 0.29) is 6.42 Å². The van der Waals surface area contributed by atoms with Gasteiger partial charge in [0.25, 0.3) is 0 Å². The molecular weight excluding hydrogens is 392 g/mol. The summed E-state index contributed by atoms with van der Waals surface area (Å²) in [4.78, 5) is 10.3. The Balaban J connectivity index is 2.10. The molecule has 1 N–H and O–H groups in total. The van der Waals surface area contributed by atoms with Gasteiger partial charge in [0, 0.05) is 12.8 Å². The molecule has 3 nitrogen and oxygen atoms in total. The number of para-hydroxylation sites is 1. The third kappa shape index (κ3) is 11.7. The minimum atomic E-state index is -0.786. The van der Waals surface area contributed by atoms with E-state index in [0.29, 0.717) is 38.7 Å². The Hall–Kier alpha value is -2.79. The Kier molecular flexibility index (Phi) is 11.9. The van der Waals surface area contributed by atoms with Gasteiger partial charge in [0.15, 0.2) is 0 Å². The molecule has 1 aromatic carbocycles. The van der Waals surface area contributed by atoms with Gasteiger partial charge in [-0.2, -0.15) is 0 Å². The molecule has 0 aliphatic rings. The number of benzene rings is 1. The maximum Gasteiger partial charge on any atom is 0.303 e. The van der Waals surface area contributed by atoms with Crippen LogP contribution >= 0.6 is 15.9 Å². The molecule has 0 unspecified atom stereocenters. The van der Waals surface area contributed by atoms with Crippen LogP contribution in [0.1, 0.15) is 38.5 Å². The van der Waals surface area contributed by atoms with Gasteiger partial charge in [-0.3, -0.25) is 4.79 Å². The van der Waals surface area contributed by atoms with Gasteiger partial charge in [-0.25, -0.2) is 0 Å². The Morgan fingerprint density at radius 1 is 0.923 bits per heavy atom. The van der Waals surface area contributed by atoms with Crippen LogP contribution in [0, 0.1) is 47.4 Å². The third-order valence-electron chi connectivity index (χ3n) is 2.86. The molecule has 4 heteroatoms. The fourth-order valence-corrected chi connectivity index (χ4v) is 2.05. The zero-order valence-electron chi connectivity index (χ0n) is 14.4. The molecule has 0 aromatic heterocycles. The SMILES string of the molecule is O=C(O)CCCC#CCC#CCC#CCC#CCOc1ccccc1Br. The first-order valence-corrected chi connectivity index (χ1v) is 8.91. The summed E-state index contributed by atoms with van der Waals surface area (Å²) in [7, 11) is 0. The topological polar surface area (TPSA) is 46.5 Å². The maximum absolute atomic E-state index is 10.3. The molecule has 0 aliphatic heterocycles. The molecule has 1 aromatic rings. The van der Waals surface area contributed by atoms with Crippen molar-refractivity contribution in [2.24, 2.45) is 0 Å². The van der Waals surface area contributed by atoms with E-state index < -0.39 is 5.97 Å². The van der Waals surface area contributed by atoms with Crippen LogP contribution in [0.25, 0.3) is 0 Å². The number of unbranched alkanes of at least 4 members (excludes halogenated alkanes) is 1. The van der Waals surface area contributed by atoms with Crippen LogP contribution in [-0.2, 0) is 4.79 Å². The first kappa shape index (κ1) is 21.3. The van der Waals surface area contributed by atoms with Crippen molar-refractivity contribution in [2.75, 3.05) is 6.61 Å². The Bertz CT molecular complexity index is 827. The summed E-state index contributed by atoms with van der Waals surface area (Å²) in [5.74, 6) is 23.4. The fourth-order valence-electron chi connectivity index (χ4n) is 1.65. The number of aliphatic carboxylic acids is 1. The van der Waals surface area contributed by atoms with E-state index in [1.165, 1.54) is 0 Å². The van der Waals surface area contributed by atoms with Gasteiger partial charge in [0.05, 0.1) is 23.7 Å². The first-order valence-electron chi connectivity index (χ1n) is 8.12. The van der Waals surface area contributed by atoms with Gasteiger partial charge in [-0.15, -0.1) is 5.92 Å². The number of carbonyl (C=O) groups is 1. The summed E-state index contributed by atoms with van der Waals surface area (Å²) in [6.45, 7) is 0.329. The molecular formula is C22H19BrO3. The highest BCUT2D eigenvalue weighted by molar-refractivity contribution is 9.10. The summed E-state index contributed by atoms with van der Waals surface area (Å²) >= 11 is 3.41. The van der Waals surface area contributed by atoms with E-state index >= 15 is 0 Å². The fraction of sp³-hybridized carbons (Fsp3) is 0.318. The number of carboxylic acids is 1. The molecule has 0 radical (unpaired) electrons. The molecule has 0 aliphatic carbocycles. The van der Waals surface area contributed by atoms with Crippen molar-refractivity contribution in [2.45, 2.75) is 38.5 Å². The van der Waals surface area contributed by atoms with Crippen LogP contribution in [0.15, 0.2) is 28.7 Å². The molecule has 132 valence electrons. The molecule has 0 atom stereocenters. The lowest BCUT2D eigenvalue weighted by atomic mass is 10.2. The minimum absolute atomic E-state index is 0.161. The lowest BCUT2D eigenvalue weighted by molar-refractivity contribution is -0.137. The number of hydrogen-bond acceptors (Lipinski definition) is 2. The predicted molar refractivity (Wildman–Crippen MR) is 106 cm³/mol. The van der Waals surface area contributed by atoms with Crippen molar-refractivity contribution in [3.8, 4) is 53.1 Å². The molecule has 0 amide bonds. The van der Waals surface area contributed by atoms with Gasteiger partial charge in [0.2, 0.25) is 0 Å². The van der Waals surface area contributed by atoms with Gasteiger partial charge in [-0.05, 0) is 34.5 Å². The zero-order chi connectivity index (χ0) is 18.9. The number of hydrogen-bond donors (Lipinski definition) is 1. The normalized spacial score (nSPS) is 8.35. The first-order chi connectivity index (χ1) is 12.7. The lowest BCUT2D eigenvalue weighted by Crippen LogP contribution is -1.94. The molecule has 0 bridgehead atoms. The van der Waals surface area contributed by atoms with E-state index in [1.807, 2.05) is 24.3 Å². The zero-order valence-corrected chi connectivity index (χ0v) is 16.0. The summed E-state index contributed by atoms with van der Waals surface area (Å²) < 4.78 is 6.43. The van der Waals surface area contributed by atoms with Crippen molar-refractivity contribution in [1.29, 1.82) is 0 Å². The predicted octanol–water partition coefficient (Wildman–Crippen LogP) is 4.27. The smallest absolute Gasteiger partial charge is 0.303 e. The van der Waals surface area contributed by atoms with Crippen LogP contribution in [0.3, 0.4) is 0 Å². The van der Waals surface area contributed by atoms with Crippen molar-refractivity contribution in [3.05, 3.63) is 28.7 Å². The highest BCUT2D eigenvalue weighted by atomic mass is 79.9. The van der Waals surface area contributed by atoms with Crippen LogP contribution < -0.4 is 4.74 Å². The van der Waals surface area contributed by atoms with Crippen LogP contribution in [-0.4, -0.2) is 17.7 Å². The number of halogens is 1. The highest BCUT2D eigenvalue weighted by Gasteiger charge is 1.96. The number of carboxylic acid groups (broad SMARTS) is 1. The van der Waals surface area contributed by atoms with Crippen LogP contribution in [0.4, 0.5) is 0 Å². The molecule has 0 fully saturated rings. The average Bonchev–Trinajstić information content (AvgIpc) is 2.62. The second-order valence-electron chi connectivity index (χ2n) is 4.91. The summed E-state index contributed by atoms with van der Waals surface area (Å²) in [6.07, 6.45) is 2.81. The Morgan fingerprint density at radius 3 is 2.12 bits per heavy atom. The third-order valence-corrected chi connectivity index (χ3v) is 3.51. The minimum Gasteiger partial charge on any atom is -0.481 e. The van der Waals surface area contributed by atoms with E-state index in [2.05, 4.69) is 63.3 Å². The van der Waals surface area contributed by atoms with E-state index in [4.69, 9.17) is 9.84 Å². The van der Waals surface area contributed by atoms with Gasteiger partial charge in [0.1, 0.15) is 12.4 Å². The number of rotatable bonds is 5. The van der Waals surface area contributed by atoms with Gasteiger partial charge >= 0.3 is 5.97 Å². The lowest BCUT2D eigenvalue weighted by Gasteiger charge is -2.02. The molecule has 0 saturated heterocycles. The van der Waals surface area contributed by atoms with Crippen molar-refractivity contribution in [3.63, 3.8) is 0 Å². The molecule has 26 heavy (non-hydrogen) atoms. The van der Waals surface area contributed by atoms with Gasteiger partial charge in [-0.1, -0.05) is 53.6 Å². The van der Waals surface area contributed by atoms with Crippen LogP contribution in [0.5, 0.6) is 5.75 Å². The Labute approximate surface area is 163 Å². The molecule has 0 heterocycles. The van der Waals surface area contributed by atoms with Crippen molar-refractivity contribution in [1.82, 2.24) is 0 Å². The maximum atomic E-state index is 10.3. The largest absolute Gasteiger partial charge is 0.481 e. The molecule has 1 rings (SSSR count). The molecule has 0 saturated carbocycles. The second kappa shape index (κ2) is 14.5. The van der Waals surface area contributed by atoms with Crippen molar-refractivity contribution < 1.29 is 14.6 Å². The standard InChI is InChI=1S/C22H19BrO3/c23-20-16-13-14-17-21(20)26-19-15-11-9-7-5-3-1-2-4-6-8-10-12-18-22(24)25/h13-14,16-17H,3-4,9-10,12,18-19H2,(H,24,25). The summed E-state index contributed by atoms with van der Waals surface area (Å²) in [5.41, 5.74) is 0. The van der Waals surface area contributed by atoms with Gasteiger partial charge < -0.3 is 9.84 Å². The summed E-state index contributed by atoms with van der Waals surface area (Å²) in [6, 6.07) is 7.63. The highest BCUT2D eigenvalue weighted by Crippen LogP contribution is 2.23. The average molecular weight is 411 g/mol. The van der Waals surface area contributed by atoms with E-state index in [1.54, 1.807) is 0 Å². The molecule has 0 spiro atoms. The summed E-state index contributed by atoms with van der Waals surface area (Å²) in [5, 5.41) is 8.47. The van der Waals surface area contributed by atoms with Crippen molar-refractivity contribution >= 4 is 21.9 Å². The Morgan fingerprint density at radius 2 is 1.50 bits per heavy atom. The van der Waals surface area contributed by atoms with E-state index in [0.717, 1.165) is 10.2 Å². The number of ether oxygens (including phenoxy) is 1. The quantitative estimate of drug-likeness (QED) is 0.582. The monoisotopic (exact) mass is 410 g/mol. The van der Waals surface area contributed by atoms with Crippen LogP contribution in [0.2, 0.25) is 0 Å².